The summed E-state index contributed by atoms with van der Waals surface area (Å²) < 4.78 is 1.14. The van der Waals surface area contributed by atoms with E-state index in [4.69, 9.17) is 0 Å². The number of hydrogen-bond acceptors (Lipinski definition) is 2. The van der Waals surface area contributed by atoms with Crippen molar-refractivity contribution in [1.82, 2.24) is 5.32 Å². The van der Waals surface area contributed by atoms with E-state index in [9.17, 15) is 4.79 Å². The molecule has 1 aliphatic heterocycles. The molecule has 3 nitrogen and oxygen atoms in total. The first-order valence-corrected chi connectivity index (χ1v) is 6.61. The zero-order valence-electron chi connectivity index (χ0n) is 9.00. The number of amides is 1. The van der Waals surface area contributed by atoms with Crippen molar-refractivity contribution >= 4 is 34.2 Å². The molecule has 0 bridgehead atoms. The molecular weight excluding hydrogens is 315 g/mol. The largest absolute Gasteiger partial charge is 0.326 e. The monoisotopic (exact) mass is 330 g/mol. The second kappa shape index (κ2) is 5.63. The van der Waals surface area contributed by atoms with Gasteiger partial charge in [-0.3, -0.25) is 4.79 Å². The van der Waals surface area contributed by atoms with Crippen LogP contribution in [0.1, 0.15) is 12.8 Å². The summed E-state index contributed by atoms with van der Waals surface area (Å²) in [6, 6.07) is 7.87. The third-order valence-electron chi connectivity index (χ3n) is 2.76. The Balaban J connectivity index is 1.96. The first-order chi connectivity index (χ1) is 7.75. The van der Waals surface area contributed by atoms with Crippen molar-refractivity contribution in [2.75, 3.05) is 18.4 Å². The normalized spacial score (nSPS) is 20.4. The fourth-order valence-electron chi connectivity index (χ4n) is 1.89. The summed E-state index contributed by atoms with van der Waals surface area (Å²) in [6.45, 7) is 1.84. The maximum Gasteiger partial charge on any atom is 0.228 e. The molecule has 1 saturated heterocycles. The van der Waals surface area contributed by atoms with Crippen molar-refractivity contribution in [3.05, 3.63) is 27.8 Å². The Kier molecular flexibility index (Phi) is 4.17. The zero-order valence-corrected chi connectivity index (χ0v) is 11.2. The van der Waals surface area contributed by atoms with Crippen LogP contribution in [0.3, 0.4) is 0 Å². The van der Waals surface area contributed by atoms with Crippen molar-refractivity contribution in [2.45, 2.75) is 12.8 Å². The lowest BCUT2D eigenvalue weighted by Crippen LogP contribution is -2.37. The summed E-state index contributed by atoms with van der Waals surface area (Å²) >= 11 is 2.24. The number of carbonyl (C=O) groups is 1. The molecule has 2 rings (SSSR count). The van der Waals surface area contributed by atoms with E-state index in [-0.39, 0.29) is 11.8 Å². The molecule has 16 heavy (non-hydrogen) atoms. The second-order valence-electron chi connectivity index (χ2n) is 4.04. The maximum absolute atomic E-state index is 11.9. The van der Waals surface area contributed by atoms with Gasteiger partial charge in [-0.05, 0) is 60.2 Å². The Hall–Kier alpha value is -0.620. The van der Waals surface area contributed by atoms with Crippen molar-refractivity contribution in [1.29, 1.82) is 0 Å². The molecule has 0 aliphatic carbocycles. The molecule has 1 heterocycles. The summed E-state index contributed by atoms with van der Waals surface area (Å²) in [5.74, 6) is 0.251. The number of anilines is 1. The average molecular weight is 330 g/mol. The first-order valence-electron chi connectivity index (χ1n) is 5.53. The molecule has 4 heteroatoms. The maximum atomic E-state index is 11.9. The number of nitrogens with one attached hydrogen (secondary N) is 2. The van der Waals surface area contributed by atoms with Gasteiger partial charge in [0.1, 0.15) is 0 Å². The Morgan fingerprint density at radius 3 is 3.06 bits per heavy atom. The van der Waals surface area contributed by atoms with Crippen LogP contribution in [0.5, 0.6) is 0 Å². The van der Waals surface area contributed by atoms with Gasteiger partial charge < -0.3 is 10.6 Å². The fourth-order valence-corrected chi connectivity index (χ4v) is 2.43. The summed E-state index contributed by atoms with van der Waals surface area (Å²) in [7, 11) is 0. The van der Waals surface area contributed by atoms with Crippen molar-refractivity contribution in [3.8, 4) is 0 Å². The van der Waals surface area contributed by atoms with E-state index in [1.54, 1.807) is 0 Å². The van der Waals surface area contributed by atoms with Gasteiger partial charge in [0.25, 0.3) is 0 Å². The molecule has 1 unspecified atom stereocenters. The Labute approximate surface area is 109 Å². The standard InChI is InChI=1S/C12H15IN2O/c13-10-4-1-5-11(7-10)15-12(16)9-3-2-6-14-8-9/h1,4-5,7,9,14H,2-3,6,8H2,(H,15,16). The molecule has 86 valence electrons. The Bertz CT molecular complexity index is 375. The van der Waals surface area contributed by atoms with E-state index < -0.39 is 0 Å². The number of hydrogen-bond donors (Lipinski definition) is 2. The van der Waals surface area contributed by atoms with Gasteiger partial charge in [0, 0.05) is 15.8 Å². The average Bonchev–Trinajstić information content (AvgIpc) is 2.30. The summed E-state index contributed by atoms with van der Waals surface area (Å²) in [4.78, 5) is 11.9. The van der Waals surface area contributed by atoms with E-state index in [1.165, 1.54) is 0 Å². The van der Waals surface area contributed by atoms with E-state index in [0.717, 1.165) is 35.2 Å². The number of piperidine rings is 1. The minimum absolute atomic E-state index is 0.117. The second-order valence-corrected chi connectivity index (χ2v) is 5.29. The van der Waals surface area contributed by atoms with Crippen LogP contribution >= 0.6 is 22.6 Å². The fraction of sp³-hybridized carbons (Fsp3) is 0.417. The molecule has 0 spiro atoms. The van der Waals surface area contributed by atoms with Crippen molar-refractivity contribution in [2.24, 2.45) is 5.92 Å². The number of benzene rings is 1. The van der Waals surface area contributed by atoms with E-state index in [2.05, 4.69) is 33.2 Å². The molecule has 0 saturated carbocycles. The lowest BCUT2D eigenvalue weighted by Gasteiger charge is -2.21. The SMILES string of the molecule is O=C(Nc1cccc(I)c1)C1CCCNC1. The lowest BCUT2D eigenvalue weighted by atomic mass is 9.99. The topological polar surface area (TPSA) is 41.1 Å². The third-order valence-corrected chi connectivity index (χ3v) is 3.43. The smallest absolute Gasteiger partial charge is 0.228 e. The highest BCUT2D eigenvalue weighted by Gasteiger charge is 2.20. The highest BCUT2D eigenvalue weighted by Crippen LogP contribution is 2.16. The molecule has 1 aromatic carbocycles. The van der Waals surface area contributed by atoms with Crippen molar-refractivity contribution < 1.29 is 4.79 Å². The lowest BCUT2D eigenvalue weighted by molar-refractivity contribution is -0.120. The quantitative estimate of drug-likeness (QED) is 0.817. The molecule has 1 amide bonds. The van der Waals surface area contributed by atoms with Crippen LogP contribution < -0.4 is 10.6 Å². The Morgan fingerprint density at radius 1 is 1.50 bits per heavy atom. The molecule has 1 aromatic rings. The first kappa shape index (κ1) is 11.9. The molecule has 1 atom stereocenters. The molecular formula is C12H15IN2O. The van der Waals surface area contributed by atoms with Gasteiger partial charge in [-0.1, -0.05) is 6.07 Å². The minimum Gasteiger partial charge on any atom is -0.326 e. The molecule has 1 aliphatic rings. The zero-order chi connectivity index (χ0) is 11.4. The van der Waals surface area contributed by atoms with E-state index in [1.807, 2.05) is 24.3 Å². The van der Waals surface area contributed by atoms with Gasteiger partial charge in [-0.15, -0.1) is 0 Å². The number of rotatable bonds is 2. The van der Waals surface area contributed by atoms with E-state index in [0.29, 0.717) is 0 Å². The van der Waals surface area contributed by atoms with Crippen LogP contribution in [-0.2, 0) is 4.79 Å². The number of carbonyl (C=O) groups excluding carboxylic acids is 1. The molecule has 0 radical (unpaired) electrons. The van der Waals surface area contributed by atoms with Crippen LogP contribution in [0.25, 0.3) is 0 Å². The Morgan fingerprint density at radius 2 is 2.38 bits per heavy atom. The van der Waals surface area contributed by atoms with Gasteiger partial charge >= 0.3 is 0 Å². The molecule has 2 N–H and O–H groups in total. The predicted octanol–water partition coefficient (Wildman–Crippen LogP) is 2.23. The van der Waals surface area contributed by atoms with Gasteiger partial charge in [-0.2, -0.15) is 0 Å². The molecule has 1 fully saturated rings. The predicted molar refractivity (Wildman–Crippen MR) is 73.4 cm³/mol. The van der Waals surface area contributed by atoms with Crippen LogP contribution in [0, 0.1) is 9.49 Å². The highest BCUT2D eigenvalue weighted by molar-refractivity contribution is 14.1. The summed E-state index contributed by atoms with van der Waals surface area (Å²) in [5.41, 5.74) is 0.891. The highest BCUT2D eigenvalue weighted by atomic mass is 127. The third kappa shape index (κ3) is 3.18. The van der Waals surface area contributed by atoms with Gasteiger partial charge in [0.05, 0.1) is 5.92 Å². The van der Waals surface area contributed by atoms with Crippen molar-refractivity contribution in [3.63, 3.8) is 0 Å². The van der Waals surface area contributed by atoms with Crippen LogP contribution in [0.2, 0.25) is 0 Å². The summed E-state index contributed by atoms with van der Waals surface area (Å²) in [6.07, 6.45) is 2.08. The van der Waals surface area contributed by atoms with Crippen LogP contribution in [0.4, 0.5) is 5.69 Å². The van der Waals surface area contributed by atoms with Gasteiger partial charge in [0.2, 0.25) is 5.91 Å². The van der Waals surface area contributed by atoms with Crippen LogP contribution in [0.15, 0.2) is 24.3 Å². The van der Waals surface area contributed by atoms with Gasteiger partial charge in [0.15, 0.2) is 0 Å². The minimum atomic E-state index is 0.117. The molecule has 0 aromatic heterocycles. The number of halogens is 1. The van der Waals surface area contributed by atoms with E-state index >= 15 is 0 Å². The van der Waals surface area contributed by atoms with Gasteiger partial charge in [-0.25, -0.2) is 0 Å². The van der Waals surface area contributed by atoms with Crippen LogP contribution in [-0.4, -0.2) is 19.0 Å². The summed E-state index contributed by atoms with van der Waals surface area (Å²) in [5, 5.41) is 6.22.